The van der Waals surface area contributed by atoms with E-state index in [4.69, 9.17) is 0 Å². The van der Waals surface area contributed by atoms with Gasteiger partial charge < -0.3 is 15.3 Å². The number of halogens is 1. The molecule has 6 rings (SSSR count). The normalized spacial score (nSPS) is 29.0. The molecule has 2 aromatic rings. The summed E-state index contributed by atoms with van der Waals surface area (Å²) in [5, 5.41) is 14.4. The maximum absolute atomic E-state index is 14.1. The van der Waals surface area contributed by atoms with Crippen molar-refractivity contribution < 1.29 is 31.1 Å². The van der Waals surface area contributed by atoms with Crippen LogP contribution in [0.2, 0.25) is 0 Å². The van der Waals surface area contributed by atoms with E-state index in [0.717, 1.165) is 31.6 Å². The molecule has 3 N–H and O–H groups in total. The number of hydrogen-bond acceptors (Lipinski definition) is 7. The average molecular weight is 575 g/mol. The van der Waals surface area contributed by atoms with Crippen molar-refractivity contribution in [2.75, 3.05) is 16.3 Å². The first-order valence-electron chi connectivity index (χ1n) is 12.5. The second-order valence-corrected chi connectivity index (χ2v) is 14.2. The van der Waals surface area contributed by atoms with Gasteiger partial charge in [-0.1, -0.05) is 12.1 Å². The first-order valence-corrected chi connectivity index (χ1v) is 15.8. The van der Waals surface area contributed by atoms with Crippen molar-refractivity contribution in [2.45, 2.75) is 43.2 Å². The van der Waals surface area contributed by atoms with Gasteiger partial charge in [0, 0.05) is 18.2 Å². The highest BCUT2D eigenvalue weighted by atomic mass is 32.2. The summed E-state index contributed by atoms with van der Waals surface area (Å²) in [5.74, 6) is -1.55. The summed E-state index contributed by atoms with van der Waals surface area (Å²) in [6, 6.07) is 9.75. The molecule has 2 heterocycles. The summed E-state index contributed by atoms with van der Waals surface area (Å²) in [7, 11) is -8.01. The van der Waals surface area contributed by atoms with Gasteiger partial charge in [-0.3, -0.25) is 9.52 Å². The van der Waals surface area contributed by atoms with Gasteiger partial charge in [-0.25, -0.2) is 12.8 Å². The molecule has 0 spiro atoms. The smallest absolute Gasteiger partial charge is 0.286 e. The number of carbonyl (C=O) groups is 1. The SMILES string of the molecule is C[C@]12[C@@H]3CC[C@@H](C3)[C@H]1C(O)=C(C1=NS(=O)(=O)c3cc(NS(C)(=O)=O)ccc3N1)C(=O)N2Cc1ccc(F)cc1. The monoisotopic (exact) mass is 574 g/mol. The van der Waals surface area contributed by atoms with Crippen molar-refractivity contribution in [3.05, 3.63) is 65.2 Å². The number of benzene rings is 2. The van der Waals surface area contributed by atoms with E-state index in [1.54, 1.807) is 17.0 Å². The maximum atomic E-state index is 14.1. The van der Waals surface area contributed by atoms with Gasteiger partial charge in [-0.2, -0.15) is 8.42 Å². The Kier molecular flexibility index (Phi) is 5.64. The largest absolute Gasteiger partial charge is 0.511 e. The van der Waals surface area contributed by atoms with Crippen molar-refractivity contribution in [1.29, 1.82) is 0 Å². The lowest BCUT2D eigenvalue weighted by atomic mass is 9.68. The molecule has 0 aromatic heterocycles. The van der Waals surface area contributed by atoms with Gasteiger partial charge in [0.15, 0.2) is 5.84 Å². The third kappa shape index (κ3) is 4.09. The predicted molar refractivity (Wildman–Crippen MR) is 142 cm³/mol. The number of hydrogen-bond donors (Lipinski definition) is 3. The molecular weight excluding hydrogens is 547 g/mol. The number of carbonyl (C=O) groups excluding carboxylic acids is 1. The van der Waals surface area contributed by atoms with Crippen LogP contribution in [0.1, 0.15) is 31.7 Å². The molecule has 2 aliphatic carbocycles. The number of aliphatic hydroxyl groups is 1. The fourth-order valence-electron chi connectivity index (χ4n) is 6.87. The molecule has 0 unspecified atom stereocenters. The lowest BCUT2D eigenvalue weighted by Gasteiger charge is -2.52. The number of fused-ring (bicyclic) bond motifs is 6. The molecule has 2 saturated carbocycles. The van der Waals surface area contributed by atoms with Crippen molar-refractivity contribution in [2.24, 2.45) is 22.2 Å². The van der Waals surface area contributed by atoms with Crippen molar-refractivity contribution in [3.63, 3.8) is 0 Å². The van der Waals surface area contributed by atoms with Crippen molar-refractivity contribution in [1.82, 2.24) is 4.90 Å². The zero-order valence-corrected chi connectivity index (χ0v) is 22.8. The fraction of sp³-hybridized carbons (Fsp3) is 0.385. The molecule has 10 nitrogen and oxygen atoms in total. The maximum Gasteiger partial charge on any atom is 0.286 e. The minimum absolute atomic E-state index is 0.0410. The molecule has 2 aliphatic heterocycles. The van der Waals surface area contributed by atoms with Crippen LogP contribution in [0.3, 0.4) is 0 Å². The van der Waals surface area contributed by atoms with Gasteiger partial charge in [0.1, 0.15) is 22.0 Å². The zero-order chi connectivity index (χ0) is 27.9. The molecule has 2 bridgehead atoms. The Morgan fingerprint density at radius 3 is 2.62 bits per heavy atom. The van der Waals surface area contributed by atoms with Crippen LogP contribution in [0, 0.1) is 23.6 Å². The number of rotatable bonds is 5. The third-order valence-corrected chi connectivity index (χ3v) is 10.4. The number of nitrogens with one attached hydrogen (secondary N) is 2. The van der Waals surface area contributed by atoms with Crippen molar-refractivity contribution >= 4 is 43.2 Å². The van der Waals surface area contributed by atoms with Crippen LogP contribution in [-0.4, -0.2) is 50.4 Å². The topological polar surface area (TPSA) is 145 Å². The lowest BCUT2D eigenvalue weighted by Crippen LogP contribution is -2.61. The van der Waals surface area contributed by atoms with E-state index in [-0.39, 0.29) is 51.8 Å². The van der Waals surface area contributed by atoms with Gasteiger partial charge in [0.2, 0.25) is 10.0 Å². The number of aliphatic hydroxyl groups excluding tert-OH is 1. The van der Waals surface area contributed by atoms with Crippen molar-refractivity contribution in [3.8, 4) is 0 Å². The molecule has 4 aliphatic rings. The fourth-order valence-corrected chi connectivity index (χ4v) is 8.57. The number of nitrogens with zero attached hydrogens (tertiary/aromatic N) is 2. The van der Waals surface area contributed by atoms with E-state index in [2.05, 4.69) is 14.4 Å². The molecule has 2 fully saturated rings. The number of amides is 1. The Balaban J connectivity index is 1.44. The molecule has 39 heavy (non-hydrogen) atoms. The van der Waals surface area contributed by atoms with Crippen LogP contribution in [0.4, 0.5) is 15.8 Å². The zero-order valence-electron chi connectivity index (χ0n) is 21.2. The molecule has 206 valence electrons. The van der Waals surface area contributed by atoms with Crippen LogP contribution < -0.4 is 10.0 Å². The minimum Gasteiger partial charge on any atom is -0.511 e. The molecule has 2 aromatic carbocycles. The summed E-state index contributed by atoms with van der Waals surface area (Å²) in [6.07, 6.45) is 3.58. The highest BCUT2D eigenvalue weighted by Gasteiger charge is 2.64. The van der Waals surface area contributed by atoms with Crippen LogP contribution in [-0.2, 0) is 31.4 Å². The minimum atomic E-state index is -4.36. The molecular formula is C26H27FN4O6S2. The van der Waals surface area contributed by atoms with Crippen LogP contribution in [0.5, 0.6) is 0 Å². The Bertz CT molecular complexity index is 1690. The van der Waals surface area contributed by atoms with Gasteiger partial charge in [0.05, 0.1) is 17.5 Å². The van der Waals surface area contributed by atoms with E-state index in [1.807, 2.05) is 6.92 Å². The summed E-state index contributed by atoms with van der Waals surface area (Å²) in [6.45, 7) is 2.12. The van der Waals surface area contributed by atoms with E-state index in [9.17, 15) is 31.1 Å². The predicted octanol–water partition coefficient (Wildman–Crippen LogP) is 3.37. The van der Waals surface area contributed by atoms with Gasteiger partial charge in [0.25, 0.3) is 15.9 Å². The highest BCUT2D eigenvalue weighted by Crippen LogP contribution is 2.61. The van der Waals surface area contributed by atoms with E-state index in [0.29, 0.717) is 5.56 Å². The quantitative estimate of drug-likeness (QED) is 0.496. The first kappa shape index (κ1) is 25.8. The van der Waals surface area contributed by atoms with Crippen LogP contribution in [0.25, 0.3) is 0 Å². The van der Waals surface area contributed by atoms with Gasteiger partial charge >= 0.3 is 0 Å². The lowest BCUT2D eigenvalue weighted by molar-refractivity contribution is -0.141. The van der Waals surface area contributed by atoms with Crippen LogP contribution in [0.15, 0.2) is 63.1 Å². The molecule has 13 heteroatoms. The average Bonchev–Trinajstić information content (AvgIpc) is 3.43. The summed E-state index contributed by atoms with van der Waals surface area (Å²) in [5.41, 5.74) is -0.0617. The van der Waals surface area contributed by atoms with E-state index < -0.39 is 43.2 Å². The van der Waals surface area contributed by atoms with Crippen LogP contribution >= 0.6 is 0 Å². The Morgan fingerprint density at radius 2 is 1.92 bits per heavy atom. The summed E-state index contributed by atoms with van der Waals surface area (Å²) < 4.78 is 69.3. The van der Waals surface area contributed by atoms with Gasteiger partial charge in [-0.15, -0.1) is 4.40 Å². The Labute approximate surface area is 225 Å². The molecule has 4 atom stereocenters. The number of anilines is 2. The molecule has 0 saturated heterocycles. The number of amidine groups is 1. The molecule has 0 radical (unpaired) electrons. The van der Waals surface area contributed by atoms with E-state index >= 15 is 0 Å². The second-order valence-electron chi connectivity index (χ2n) is 10.9. The van der Waals surface area contributed by atoms with Gasteiger partial charge in [-0.05, 0) is 73.9 Å². The first-order chi connectivity index (χ1) is 18.3. The standard InChI is InChI=1S/C26H27FN4O6S2/c1-26-16-6-5-15(11-16)22(26)23(32)21(25(33)31(26)13-14-3-7-17(27)8-4-14)24-28-19-10-9-18(29-38(2,34)35)12-20(19)39(36,37)30-24/h3-4,7-10,12,15-16,22,29,32H,5-6,11,13H2,1-2H3,(H,28,30)/t15-,16+,22-,26-/m0/s1. The Morgan fingerprint density at radius 1 is 1.21 bits per heavy atom. The number of sulfonamides is 2. The summed E-state index contributed by atoms with van der Waals surface area (Å²) in [4.78, 5) is 15.5. The molecule has 1 amide bonds. The second kappa shape index (κ2) is 8.52. The third-order valence-electron chi connectivity index (χ3n) is 8.51. The Hall–Kier alpha value is -3.45. The van der Waals surface area contributed by atoms with E-state index in [1.165, 1.54) is 24.3 Å². The summed E-state index contributed by atoms with van der Waals surface area (Å²) >= 11 is 0. The highest BCUT2D eigenvalue weighted by molar-refractivity contribution is 7.92.